The smallest absolute Gasteiger partial charge is 0.0136 e. The first-order valence-corrected chi connectivity index (χ1v) is 5.74. The number of thiophene rings is 1. The van der Waals surface area contributed by atoms with Crippen LogP contribution in [0.15, 0.2) is 29.7 Å². The zero-order chi connectivity index (χ0) is 8.93. The highest BCUT2D eigenvalue weighted by molar-refractivity contribution is 7.09. The Morgan fingerprint density at radius 2 is 2.23 bits per heavy atom. The van der Waals surface area contributed by atoms with Crippen LogP contribution >= 0.6 is 11.3 Å². The van der Waals surface area contributed by atoms with E-state index in [1.54, 1.807) is 0 Å². The SMILES string of the molecule is C1=CCC(NCCc2cccs2)C1. The molecule has 1 nitrogen and oxygen atoms in total. The molecule has 0 radical (unpaired) electrons. The molecule has 1 aromatic heterocycles. The molecule has 2 rings (SSSR count). The van der Waals surface area contributed by atoms with E-state index in [9.17, 15) is 0 Å². The van der Waals surface area contributed by atoms with Crippen molar-refractivity contribution in [3.63, 3.8) is 0 Å². The molecule has 2 heteroatoms. The Balaban J connectivity index is 1.64. The van der Waals surface area contributed by atoms with Gasteiger partial charge in [-0.1, -0.05) is 18.2 Å². The van der Waals surface area contributed by atoms with Crippen LogP contribution < -0.4 is 5.32 Å². The summed E-state index contributed by atoms with van der Waals surface area (Å²) >= 11 is 1.85. The van der Waals surface area contributed by atoms with Crippen molar-refractivity contribution in [2.24, 2.45) is 0 Å². The van der Waals surface area contributed by atoms with E-state index in [4.69, 9.17) is 0 Å². The molecule has 1 aliphatic rings. The molecule has 1 aromatic rings. The Labute approximate surface area is 83.5 Å². The van der Waals surface area contributed by atoms with Gasteiger partial charge in [0.2, 0.25) is 0 Å². The van der Waals surface area contributed by atoms with Gasteiger partial charge >= 0.3 is 0 Å². The molecule has 1 aliphatic carbocycles. The summed E-state index contributed by atoms with van der Waals surface area (Å²) in [7, 11) is 0. The minimum absolute atomic E-state index is 0.708. The Bertz CT molecular complexity index is 256. The summed E-state index contributed by atoms with van der Waals surface area (Å²) in [5.74, 6) is 0. The van der Waals surface area contributed by atoms with Crippen LogP contribution in [-0.2, 0) is 6.42 Å². The van der Waals surface area contributed by atoms with E-state index in [2.05, 4.69) is 35.0 Å². The first kappa shape index (κ1) is 8.97. The minimum Gasteiger partial charge on any atom is -0.313 e. The topological polar surface area (TPSA) is 12.0 Å². The Hall–Kier alpha value is -0.600. The third-order valence-electron chi connectivity index (χ3n) is 2.39. The van der Waals surface area contributed by atoms with Gasteiger partial charge in [0.25, 0.3) is 0 Å². The van der Waals surface area contributed by atoms with Crippen molar-refractivity contribution in [3.8, 4) is 0 Å². The van der Waals surface area contributed by atoms with Gasteiger partial charge in [-0.2, -0.15) is 0 Å². The summed E-state index contributed by atoms with van der Waals surface area (Å²) in [5, 5.41) is 5.71. The number of nitrogens with one attached hydrogen (secondary N) is 1. The molecule has 0 saturated heterocycles. The first-order chi connectivity index (χ1) is 6.45. The van der Waals surface area contributed by atoms with Crippen molar-refractivity contribution >= 4 is 11.3 Å². The lowest BCUT2D eigenvalue weighted by molar-refractivity contribution is 0.543. The Morgan fingerprint density at radius 1 is 1.38 bits per heavy atom. The normalized spacial score (nSPS) is 16.9. The maximum absolute atomic E-state index is 3.56. The Morgan fingerprint density at radius 3 is 2.92 bits per heavy atom. The van der Waals surface area contributed by atoms with Crippen molar-refractivity contribution in [2.75, 3.05) is 6.54 Å². The van der Waals surface area contributed by atoms with Crippen LogP contribution in [-0.4, -0.2) is 12.6 Å². The van der Waals surface area contributed by atoms with Crippen molar-refractivity contribution in [1.29, 1.82) is 0 Å². The molecule has 70 valence electrons. The summed E-state index contributed by atoms with van der Waals surface area (Å²) in [6, 6.07) is 5.04. The van der Waals surface area contributed by atoms with Crippen LogP contribution in [0.25, 0.3) is 0 Å². The average molecular weight is 193 g/mol. The molecule has 1 heterocycles. The van der Waals surface area contributed by atoms with Crippen molar-refractivity contribution in [1.82, 2.24) is 5.32 Å². The van der Waals surface area contributed by atoms with Crippen molar-refractivity contribution in [3.05, 3.63) is 34.5 Å². The lowest BCUT2D eigenvalue weighted by Crippen LogP contribution is -2.28. The average Bonchev–Trinajstić information content (AvgIpc) is 2.75. The monoisotopic (exact) mass is 193 g/mol. The van der Waals surface area contributed by atoms with E-state index < -0.39 is 0 Å². The standard InChI is InChI=1S/C11H15NS/c1-2-5-10(4-1)12-8-7-11-6-3-9-13-11/h1-3,6,9-10,12H,4-5,7-8H2. The number of rotatable bonds is 4. The molecule has 0 amide bonds. The predicted octanol–water partition coefficient (Wildman–Crippen LogP) is 2.60. The molecule has 0 bridgehead atoms. The highest BCUT2D eigenvalue weighted by Crippen LogP contribution is 2.11. The van der Waals surface area contributed by atoms with Gasteiger partial charge in [-0.15, -0.1) is 11.3 Å². The van der Waals surface area contributed by atoms with E-state index in [1.807, 2.05) is 11.3 Å². The van der Waals surface area contributed by atoms with E-state index in [0.29, 0.717) is 6.04 Å². The van der Waals surface area contributed by atoms with Gasteiger partial charge < -0.3 is 5.32 Å². The van der Waals surface area contributed by atoms with Gasteiger partial charge in [-0.05, 0) is 30.7 Å². The van der Waals surface area contributed by atoms with Crippen molar-refractivity contribution < 1.29 is 0 Å². The van der Waals surface area contributed by atoms with Gasteiger partial charge in [0.1, 0.15) is 0 Å². The fourth-order valence-electron chi connectivity index (χ4n) is 1.64. The van der Waals surface area contributed by atoms with Crippen LogP contribution in [0.5, 0.6) is 0 Å². The lowest BCUT2D eigenvalue weighted by Gasteiger charge is -2.10. The van der Waals surface area contributed by atoms with Crippen molar-refractivity contribution in [2.45, 2.75) is 25.3 Å². The second-order valence-corrected chi connectivity index (χ2v) is 4.46. The third kappa shape index (κ3) is 2.68. The molecule has 0 aromatic carbocycles. The zero-order valence-corrected chi connectivity index (χ0v) is 8.52. The second-order valence-electron chi connectivity index (χ2n) is 3.42. The number of hydrogen-bond donors (Lipinski definition) is 1. The second kappa shape index (κ2) is 4.58. The summed E-state index contributed by atoms with van der Waals surface area (Å²) in [4.78, 5) is 1.48. The van der Waals surface area contributed by atoms with Gasteiger partial charge in [0, 0.05) is 17.5 Å². The molecule has 1 N–H and O–H groups in total. The van der Waals surface area contributed by atoms with Crippen LogP contribution in [0.3, 0.4) is 0 Å². The van der Waals surface area contributed by atoms with E-state index >= 15 is 0 Å². The molecule has 0 fully saturated rings. The molecule has 13 heavy (non-hydrogen) atoms. The quantitative estimate of drug-likeness (QED) is 0.725. The van der Waals surface area contributed by atoms with Crippen LogP contribution in [0.4, 0.5) is 0 Å². The van der Waals surface area contributed by atoms with Crippen LogP contribution in [0.1, 0.15) is 17.7 Å². The van der Waals surface area contributed by atoms with Crippen LogP contribution in [0, 0.1) is 0 Å². The summed E-state index contributed by atoms with van der Waals surface area (Å²) in [5.41, 5.74) is 0. The fraction of sp³-hybridized carbons (Fsp3) is 0.455. The highest BCUT2D eigenvalue weighted by Gasteiger charge is 2.07. The third-order valence-corrected chi connectivity index (χ3v) is 3.33. The Kier molecular flexibility index (Phi) is 3.16. The van der Waals surface area contributed by atoms with Gasteiger partial charge in [-0.3, -0.25) is 0 Å². The van der Waals surface area contributed by atoms with Gasteiger partial charge in [0.15, 0.2) is 0 Å². The molecule has 0 spiro atoms. The van der Waals surface area contributed by atoms with Gasteiger partial charge in [-0.25, -0.2) is 0 Å². The molecule has 0 atom stereocenters. The summed E-state index contributed by atoms with van der Waals surface area (Å²) in [6.07, 6.45) is 8.13. The molecule has 0 saturated carbocycles. The highest BCUT2D eigenvalue weighted by atomic mass is 32.1. The lowest BCUT2D eigenvalue weighted by atomic mass is 10.2. The largest absolute Gasteiger partial charge is 0.313 e. The predicted molar refractivity (Wildman–Crippen MR) is 58.2 cm³/mol. The zero-order valence-electron chi connectivity index (χ0n) is 7.70. The summed E-state index contributed by atoms with van der Waals surface area (Å²) < 4.78 is 0. The molecule has 0 unspecified atom stereocenters. The van der Waals surface area contributed by atoms with E-state index in [1.165, 1.54) is 24.1 Å². The van der Waals surface area contributed by atoms with E-state index in [-0.39, 0.29) is 0 Å². The summed E-state index contributed by atoms with van der Waals surface area (Å²) in [6.45, 7) is 1.12. The molecule has 0 aliphatic heterocycles. The van der Waals surface area contributed by atoms with Gasteiger partial charge in [0.05, 0.1) is 0 Å². The minimum atomic E-state index is 0.708. The van der Waals surface area contributed by atoms with Crippen LogP contribution in [0.2, 0.25) is 0 Å². The fourth-order valence-corrected chi connectivity index (χ4v) is 2.35. The first-order valence-electron chi connectivity index (χ1n) is 4.86. The maximum Gasteiger partial charge on any atom is 0.0136 e. The number of hydrogen-bond acceptors (Lipinski definition) is 2. The maximum atomic E-state index is 3.56. The molecular formula is C11H15NS. The molecular weight excluding hydrogens is 178 g/mol. The van der Waals surface area contributed by atoms with E-state index in [0.717, 1.165) is 6.54 Å².